The van der Waals surface area contributed by atoms with E-state index in [9.17, 15) is 0 Å². The Labute approximate surface area is 91.6 Å². The number of allylic oxidation sites excluding steroid dienone is 4. The standard InChI is InChI=1S/C15H15.Lr/c1-12(2)14-10-9-13-7-5-3-4-6-8-15(13)11-14;/h3,5-12H,1-2H3;/q-1;/b5-3?,7-5-,8-6-,13-7?,15-8?;. The summed E-state index contributed by atoms with van der Waals surface area (Å²) in [5, 5.41) is 0. The summed E-state index contributed by atoms with van der Waals surface area (Å²) in [7, 11) is 0. The second-order valence-corrected chi connectivity index (χ2v) is 4.07. The molecule has 0 atom stereocenters. The minimum atomic E-state index is 0. The normalized spacial score (nSPS) is 18.9. The molecule has 0 nitrogen and oxygen atoms in total. The van der Waals surface area contributed by atoms with Gasteiger partial charge in [-0.3, -0.25) is 0 Å². The van der Waals surface area contributed by atoms with Crippen LogP contribution in [0.4, 0.5) is 0 Å². The van der Waals surface area contributed by atoms with Crippen molar-refractivity contribution in [1.82, 2.24) is 0 Å². The summed E-state index contributed by atoms with van der Waals surface area (Å²) < 4.78 is 0. The molecule has 0 aliphatic heterocycles. The summed E-state index contributed by atoms with van der Waals surface area (Å²) in [6, 6.07) is 6.65. The maximum atomic E-state index is 3.08. The van der Waals surface area contributed by atoms with Crippen LogP contribution < -0.4 is 0 Å². The third-order valence-electron chi connectivity index (χ3n) is 2.60. The SMILES string of the molecule is CC(C)c1ccc2c(c1)\C=C/[C-]=C\C=C/2.[Lr]. The molecule has 1 heteroatoms. The molecule has 0 aromatic heterocycles. The van der Waals surface area contributed by atoms with Crippen molar-refractivity contribution in [3.8, 4) is 0 Å². The van der Waals surface area contributed by atoms with Crippen LogP contribution >= 0.6 is 0 Å². The zero-order valence-electron chi connectivity index (χ0n) is 9.45. The van der Waals surface area contributed by atoms with Crippen LogP contribution in [0.5, 0.6) is 0 Å². The molecule has 0 saturated heterocycles. The number of fused-ring (bicyclic) bond motifs is 1. The van der Waals surface area contributed by atoms with Gasteiger partial charge in [0.2, 0.25) is 0 Å². The van der Waals surface area contributed by atoms with E-state index in [0.29, 0.717) is 5.92 Å². The van der Waals surface area contributed by atoms with Crippen LogP contribution in [0.3, 0.4) is 0 Å². The third-order valence-corrected chi connectivity index (χ3v) is 2.60. The molecule has 0 saturated carbocycles. The van der Waals surface area contributed by atoms with Gasteiger partial charge in [-0.2, -0.15) is 30.4 Å². The third kappa shape index (κ3) is 2.27. The van der Waals surface area contributed by atoms with Crippen molar-refractivity contribution in [2.45, 2.75) is 19.8 Å². The van der Waals surface area contributed by atoms with Gasteiger partial charge in [0, 0.05) is 0 Å². The molecule has 0 spiro atoms. The quantitative estimate of drug-likeness (QED) is 0.555. The van der Waals surface area contributed by atoms with E-state index in [1.165, 1.54) is 16.7 Å². The molecule has 0 amide bonds. The molecule has 16 heavy (non-hydrogen) atoms. The maximum absolute atomic E-state index is 3.08. The smallest absolute Gasteiger partial charge is 0 e. The van der Waals surface area contributed by atoms with Crippen molar-refractivity contribution in [2.75, 3.05) is 0 Å². The van der Waals surface area contributed by atoms with Crippen LogP contribution in [0.15, 0.2) is 36.4 Å². The molecular weight excluding hydrogens is 442 g/mol. The summed E-state index contributed by atoms with van der Waals surface area (Å²) in [4.78, 5) is 0. The fourth-order valence-electron chi connectivity index (χ4n) is 1.65. The van der Waals surface area contributed by atoms with Crippen LogP contribution in [0.1, 0.15) is 36.5 Å². The minimum absolute atomic E-state index is 0. The Morgan fingerprint density at radius 2 is 1.88 bits per heavy atom. The van der Waals surface area contributed by atoms with Gasteiger partial charge in [-0.05, 0) is 17.0 Å². The van der Waals surface area contributed by atoms with Gasteiger partial charge in [0.1, 0.15) is 0 Å². The first-order valence-corrected chi connectivity index (χ1v) is 5.34. The van der Waals surface area contributed by atoms with E-state index in [0.717, 1.165) is 0 Å². The summed E-state index contributed by atoms with van der Waals surface area (Å²) in [6.07, 6.45) is 13.2. The van der Waals surface area contributed by atoms with Crippen molar-refractivity contribution in [1.29, 1.82) is 0 Å². The zero-order chi connectivity index (χ0) is 10.7. The number of hydrogen-bond acceptors (Lipinski definition) is 0. The zero-order valence-corrected chi connectivity index (χ0v) is 11.6. The second kappa shape index (κ2) is 4.79. The predicted octanol–water partition coefficient (Wildman–Crippen LogP) is 4.21. The Bertz CT molecular complexity index is 437. The van der Waals surface area contributed by atoms with Crippen molar-refractivity contribution in [3.05, 3.63) is 59.2 Å². The molecule has 0 bridgehead atoms. The van der Waals surface area contributed by atoms with Crippen molar-refractivity contribution >= 4 is 12.2 Å². The molecule has 1 aliphatic carbocycles. The fourth-order valence-corrected chi connectivity index (χ4v) is 1.65. The number of benzene rings is 1. The largest absolute Gasteiger partial charge is 0.184 e. The Balaban J connectivity index is 0.00000128. The van der Waals surface area contributed by atoms with Crippen LogP contribution in [0, 0.1) is 6.08 Å². The second-order valence-electron chi connectivity index (χ2n) is 4.07. The van der Waals surface area contributed by atoms with Crippen molar-refractivity contribution in [2.24, 2.45) is 0 Å². The van der Waals surface area contributed by atoms with E-state index >= 15 is 0 Å². The predicted molar refractivity (Wildman–Crippen MR) is 66.4 cm³/mol. The van der Waals surface area contributed by atoms with E-state index in [2.05, 4.69) is 50.3 Å². The molecule has 1 aromatic rings. The first-order chi connectivity index (χ1) is 7.27. The molecule has 91 valence electrons. The molecule has 1 aliphatic rings. The van der Waals surface area contributed by atoms with E-state index < -0.39 is 0 Å². The fraction of sp³-hybridized carbons (Fsp3) is 0.200. The first-order valence-electron chi connectivity index (χ1n) is 5.34. The molecule has 0 N–H and O–H groups in total. The van der Waals surface area contributed by atoms with Gasteiger partial charge >= 0.3 is 0 Å². The molecule has 1 radical (unpaired) electrons. The van der Waals surface area contributed by atoms with Crippen LogP contribution in [-0.4, -0.2) is 0 Å². The van der Waals surface area contributed by atoms with Gasteiger partial charge in [-0.25, -0.2) is 0 Å². The van der Waals surface area contributed by atoms with Gasteiger partial charge < -0.3 is 0 Å². The van der Waals surface area contributed by atoms with Gasteiger partial charge in [-0.15, -0.1) is 6.08 Å². The Morgan fingerprint density at radius 3 is 2.62 bits per heavy atom. The molecule has 0 heterocycles. The van der Waals surface area contributed by atoms with E-state index in [1.54, 1.807) is 0 Å². The summed E-state index contributed by atoms with van der Waals surface area (Å²) in [5.74, 6) is 0.581. The molecule has 2 rings (SSSR count). The van der Waals surface area contributed by atoms with Crippen LogP contribution in [0.2, 0.25) is 0 Å². The average molecular weight is 457 g/mol. The Kier molecular flexibility index (Phi) is 3.45. The summed E-state index contributed by atoms with van der Waals surface area (Å²) >= 11 is 0. The minimum Gasteiger partial charge on any atom is -0.184 e. The van der Waals surface area contributed by atoms with E-state index in [4.69, 9.17) is 0 Å². The van der Waals surface area contributed by atoms with E-state index in [1.807, 2.05) is 18.2 Å². The molecule has 0 fully saturated rings. The van der Waals surface area contributed by atoms with E-state index in [-0.39, 0.29) is 0 Å². The molecular formula is C15H15Lr-. The average Bonchev–Trinajstić information content (AvgIpc) is 2.18. The number of rotatable bonds is 1. The van der Waals surface area contributed by atoms with Crippen LogP contribution in [0.25, 0.3) is 12.2 Å². The maximum Gasteiger partial charge on any atom is 0 e. The van der Waals surface area contributed by atoms with Crippen molar-refractivity contribution < 1.29 is 0 Å². The summed E-state index contributed by atoms with van der Waals surface area (Å²) in [5.41, 5.74) is 3.93. The number of hydrogen-bond donors (Lipinski definition) is 0. The van der Waals surface area contributed by atoms with Gasteiger partial charge in [-0.1, -0.05) is 37.6 Å². The molecule has 0 unspecified atom stereocenters. The monoisotopic (exact) mass is 457 g/mol. The van der Waals surface area contributed by atoms with Crippen molar-refractivity contribution in [3.63, 3.8) is 0 Å². The Hall–Kier alpha value is -2.56. The van der Waals surface area contributed by atoms with Crippen LogP contribution in [-0.2, 0) is 0 Å². The molecule has 1 aromatic carbocycles. The first kappa shape index (κ1) is 11.5. The Morgan fingerprint density at radius 1 is 1.06 bits per heavy atom. The van der Waals surface area contributed by atoms with Gasteiger partial charge in [0.15, 0.2) is 0 Å². The van der Waals surface area contributed by atoms with Gasteiger partial charge in [0.05, 0.1) is 0 Å². The van der Waals surface area contributed by atoms with Gasteiger partial charge in [0.25, 0.3) is 0 Å². The topological polar surface area (TPSA) is 0 Å². The summed E-state index contributed by atoms with van der Waals surface area (Å²) in [6.45, 7) is 4.44.